The molecule has 1 atom stereocenters. The summed E-state index contributed by atoms with van der Waals surface area (Å²) in [6.45, 7) is 11.4. The molecule has 0 saturated heterocycles. The number of hydrogen-bond donors (Lipinski definition) is 1. The number of benzene rings is 1. The molecule has 0 amide bonds. The van der Waals surface area contributed by atoms with Crippen molar-refractivity contribution in [3.8, 4) is 0 Å². The van der Waals surface area contributed by atoms with Crippen LogP contribution in [0.3, 0.4) is 0 Å². The van der Waals surface area contributed by atoms with Gasteiger partial charge in [0, 0.05) is 6.42 Å². The van der Waals surface area contributed by atoms with Crippen molar-refractivity contribution in [3.63, 3.8) is 0 Å². The molecule has 38 heavy (non-hydrogen) atoms. The summed E-state index contributed by atoms with van der Waals surface area (Å²) >= 11 is 0. The van der Waals surface area contributed by atoms with Crippen LogP contribution in [0.25, 0.3) is 0 Å². The number of allylic oxidation sites excluding steroid dienone is 6. The number of unbranched alkanes of at least 4 members (excludes halogenated alkanes) is 1. The third-order valence-electron chi connectivity index (χ3n) is 5.98. The number of carboxylic acid groups (broad SMARTS) is 1. The molecule has 7 nitrogen and oxygen atoms in total. The Kier molecular flexibility index (Phi) is 15.2. The predicted molar refractivity (Wildman–Crippen MR) is 152 cm³/mol. The first-order chi connectivity index (χ1) is 18.0. The molecule has 0 bridgehead atoms. The molecule has 0 aliphatic rings. The number of carbonyl (C=O) groups excluding carboxylic acids is 1. The summed E-state index contributed by atoms with van der Waals surface area (Å²) in [4.78, 5) is 25.5. The largest absolute Gasteiger partial charge is 0.478 e. The topological polar surface area (TPSA) is 99.1 Å². The zero-order valence-electron chi connectivity index (χ0n) is 23.8. The lowest BCUT2D eigenvalue weighted by Crippen LogP contribution is -2.44. The maximum Gasteiger partial charge on any atom is 0.385 e. The quantitative estimate of drug-likeness (QED) is 0.0850. The lowest BCUT2D eigenvalue weighted by atomic mass is 10.0. The number of esters is 1. The van der Waals surface area contributed by atoms with Gasteiger partial charge in [-0.05, 0) is 92.2 Å². The lowest BCUT2D eigenvalue weighted by Gasteiger charge is -2.34. The maximum absolute atomic E-state index is 13.8. The molecule has 1 N–H and O–H groups in total. The van der Waals surface area contributed by atoms with Crippen molar-refractivity contribution in [2.24, 2.45) is 0 Å². The van der Waals surface area contributed by atoms with Crippen LogP contribution in [0.2, 0.25) is 0 Å². The molecule has 0 aromatic heterocycles. The van der Waals surface area contributed by atoms with Crippen LogP contribution in [0.5, 0.6) is 0 Å². The van der Waals surface area contributed by atoms with E-state index in [0.29, 0.717) is 12.8 Å². The average molecular weight is 549 g/mol. The van der Waals surface area contributed by atoms with E-state index in [0.717, 1.165) is 25.7 Å². The van der Waals surface area contributed by atoms with E-state index in [-0.39, 0.29) is 25.2 Å². The first kappa shape index (κ1) is 33.6. The molecule has 8 heteroatoms. The maximum atomic E-state index is 13.8. The van der Waals surface area contributed by atoms with Crippen LogP contribution in [-0.4, -0.2) is 35.6 Å². The van der Waals surface area contributed by atoms with E-state index >= 15 is 0 Å². The molecule has 1 unspecified atom stereocenters. The Hall–Kier alpha value is -2.47. The second-order valence-corrected chi connectivity index (χ2v) is 11.8. The van der Waals surface area contributed by atoms with Crippen LogP contribution in [0.15, 0.2) is 65.3 Å². The third-order valence-corrected chi connectivity index (χ3v) is 8.57. The summed E-state index contributed by atoms with van der Waals surface area (Å²) in [5.74, 6) is -2.45. The second-order valence-electron chi connectivity index (χ2n) is 9.53. The Bertz CT molecular complexity index is 1010. The van der Waals surface area contributed by atoms with Gasteiger partial charge in [-0.15, -0.1) is 0 Å². The average Bonchev–Trinajstić information content (AvgIpc) is 2.86. The normalized spacial score (nSPS) is 14.1. The highest BCUT2D eigenvalue weighted by atomic mass is 31.2. The highest BCUT2D eigenvalue weighted by molar-refractivity contribution is 7.56. The minimum Gasteiger partial charge on any atom is -0.478 e. The van der Waals surface area contributed by atoms with Gasteiger partial charge >= 0.3 is 24.9 Å². The van der Waals surface area contributed by atoms with E-state index < -0.39 is 24.9 Å². The van der Waals surface area contributed by atoms with Crippen molar-refractivity contribution in [1.82, 2.24) is 0 Å². The molecule has 0 saturated carbocycles. The molecule has 0 aliphatic carbocycles. The summed E-state index contributed by atoms with van der Waals surface area (Å²) in [5, 5.41) is 7.78. The lowest BCUT2D eigenvalue weighted by molar-refractivity contribution is -0.153. The third kappa shape index (κ3) is 10.7. The molecule has 212 valence electrons. The van der Waals surface area contributed by atoms with Crippen LogP contribution < -0.4 is 0 Å². The zero-order valence-corrected chi connectivity index (χ0v) is 24.7. The molecular formula is C30H45O7P. The number of ether oxygens (including phenoxy) is 1. The smallest absolute Gasteiger partial charge is 0.385 e. The van der Waals surface area contributed by atoms with E-state index in [2.05, 4.69) is 32.9 Å². The van der Waals surface area contributed by atoms with Gasteiger partial charge in [0.05, 0.1) is 18.8 Å². The monoisotopic (exact) mass is 548 g/mol. The minimum atomic E-state index is -4.37. The van der Waals surface area contributed by atoms with Gasteiger partial charge in [-0.25, -0.2) is 9.59 Å². The van der Waals surface area contributed by atoms with E-state index in [4.69, 9.17) is 13.8 Å². The summed E-state index contributed by atoms with van der Waals surface area (Å²) < 4.78 is 30.0. The van der Waals surface area contributed by atoms with Gasteiger partial charge in [0.2, 0.25) is 0 Å². The van der Waals surface area contributed by atoms with Gasteiger partial charge in [-0.1, -0.05) is 53.1 Å². The number of hydrogen-bond acceptors (Lipinski definition) is 6. The molecule has 0 radical (unpaired) electrons. The van der Waals surface area contributed by atoms with Gasteiger partial charge in [-0.2, -0.15) is 0 Å². The number of carboxylic acids is 1. The van der Waals surface area contributed by atoms with Crippen LogP contribution in [0, 0.1) is 0 Å². The molecule has 0 fully saturated rings. The SMILES string of the molecule is CCOP(=O)(OCC)C(CCC/C=C(\C)CC/C=C(\C)CCC=C(C)C)(OC(=O)c1ccccc1)C(=O)O. The molecule has 0 heterocycles. The van der Waals surface area contributed by atoms with Crippen molar-refractivity contribution in [2.75, 3.05) is 13.2 Å². The first-order valence-electron chi connectivity index (χ1n) is 13.4. The van der Waals surface area contributed by atoms with Crippen LogP contribution in [-0.2, 0) is 23.1 Å². The Balaban J connectivity index is 2.98. The fourth-order valence-electron chi connectivity index (χ4n) is 3.91. The van der Waals surface area contributed by atoms with Crippen molar-refractivity contribution in [3.05, 3.63) is 70.8 Å². The fraction of sp³-hybridized carbons (Fsp3) is 0.533. The van der Waals surface area contributed by atoms with Gasteiger partial charge in [0.1, 0.15) is 0 Å². The predicted octanol–water partition coefficient (Wildman–Crippen LogP) is 8.48. The van der Waals surface area contributed by atoms with Crippen molar-refractivity contribution in [2.45, 2.75) is 91.8 Å². The standard InChI is InChI=1S/C30H45O7P/c1-7-35-38(34,36-8-2)30(29(32)33,37-28(31)27-21-10-9-11-22-27)23-13-12-17-25(5)19-15-20-26(6)18-14-16-24(3)4/h9-11,16-17,20-22H,7-8,12-15,18-19,23H2,1-6H3,(H,32,33)/b25-17+,26-20+. The summed E-state index contributed by atoms with van der Waals surface area (Å²) in [7, 11) is -4.37. The van der Waals surface area contributed by atoms with Crippen LogP contribution in [0.1, 0.15) is 96.8 Å². The molecule has 1 aromatic rings. The molecule has 1 rings (SSSR count). The van der Waals surface area contributed by atoms with Gasteiger partial charge in [0.25, 0.3) is 0 Å². The van der Waals surface area contributed by atoms with Gasteiger partial charge < -0.3 is 18.9 Å². The van der Waals surface area contributed by atoms with Gasteiger partial charge in [0.15, 0.2) is 0 Å². The number of aliphatic carboxylic acids is 1. The number of rotatable bonds is 18. The van der Waals surface area contributed by atoms with Crippen LogP contribution >= 0.6 is 7.60 Å². The second kappa shape index (κ2) is 17.2. The summed E-state index contributed by atoms with van der Waals surface area (Å²) in [6.07, 6.45) is 11.1. The van der Waals surface area contributed by atoms with Crippen molar-refractivity contribution in [1.29, 1.82) is 0 Å². The summed E-state index contributed by atoms with van der Waals surface area (Å²) in [6, 6.07) is 8.01. The number of carbonyl (C=O) groups is 2. The highest BCUT2D eigenvalue weighted by Gasteiger charge is 2.60. The summed E-state index contributed by atoms with van der Waals surface area (Å²) in [5.41, 5.74) is 4.03. The molecule has 1 aromatic carbocycles. The van der Waals surface area contributed by atoms with Crippen molar-refractivity contribution < 1.29 is 33.0 Å². The molecule has 0 spiro atoms. The Morgan fingerprint density at radius 2 is 1.39 bits per heavy atom. The zero-order chi connectivity index (χ0) is 28.6. The van der Waals surface area contributed by atoms with E-state index in [9.17, 15) is 19.3 Å². The van der Waals surface area contributed by atoms with E-state index in [1.165, 1.54) is 28.9 Å². The van der Waals surface area contributed by atoms with E-state index in [1.54, 1.807) is 32.0 Å². The Morgan fingerprint density at radius 1 is 0.868 bits per heavy atom. The first-order valence-corrected chi connectivity index (χ1v) is 14.9. The molecular weight excluding hydrogens is 503 g/mol. The molecule has 0 aliphatic heterocycles. The van der Waals surface area contributed by atoms with Gasteiger partial charge in [-0.3, -0.25) is 4.57 Å². The minimum absolute atomic E-state index is 0.0600. The Morgan fingerprint density at radius 3 is 1.89 bits per heavy atom. The van der Waals surface area contributed by atoms with Crippen LogP contribution in [0.4, 0.5) is 0 Å². The Labute approximate surface area is 228 Å². The fourth-order valence-corrected chi connectivity index (χ4v) is 5.95. The highest BCUT2D eigenvalue weighted by Crippen LogP contribution is 2.63. The van der Waals surface area contributed by atoms with E-state index in [1.807, 2.05) is 13.0 Å². The van der Waals surface area contributed by atoms with Crippen molar-refractivity contribution >= 4 is 19.5 Å².